The van der Waals surface area contributed by atoms with E-state index in [-0.39, 0.29) is 30.7 Å². The van der Waals surface area contributed by atoms with E-state index in [1.165, 1.54) is 12.8 Å². The molecule has 7 heteroatoms. The molecule has 0 aliphatic carbocycles. The minimum absolute atomic E-state index is 0. The molecule has 1 unspecified atom stereocenters. The SMILES string of the molecule is CCN1CCCC1CNC(=O)c1ccnc(CN)c1.Cl.Cl. The van der Waals surface area contributed by atoms with Gasteiger partial charge in [-0.3, -0.25) is 14.7 Å². The van der Waals surface area contributed by atoms with Gasteiger partial charge in [0.1, 0.15) is 0 Å². The standard InChI is InChI=1S/C14H22N4O.2ClH/c1-2-18-7-3-4-13(18)10-17-14(19)11-5-6-16-12(8-11)9-15;;/h5-6,8,13H,2-4,7,9-10,15H2,1H3,(H,17,19);2*1H. The summed E-state index contributed by atoms with van der Waals surface area (Å²) in [4.78, 5) is 18.6. The molecule has 21 heavy (non-hydrogen) atoms. The van der Waals surface area contributed by atoms with E-state index in [2.05, 4.69) is 22.1 Å². The molecule has 1 amide bonds. The topological polar surface area (TPSA) is 71.2 Å². The first-order valence-electron chi connectivity index (χ1n) is 6.91. The number of hydrogen-bond acceptors (Lipinski definition) is 4. The summed E-state index contributed by atoms with van der Waals surface area (Å²) in [7, 11) is 0. The molecule has 1 fully saturated rings. The molecule has 0 bridgehead atoms. The van der Waals surface area contributed by atoms with Crippen molar-refractivity contribution in [2.75, 3.05) is 19.6 Å². The van der Waals surface area contributed by atoms with Crippen LogP contribution in [0.5, 0.6) is 0 Å². The van der Waals surface area contributed by atoms with Gasteiger partial charge in [0.15, 0.2) is 0 Å². The lowest BCUT2D eigenvalue weighted by molar-refractivity contribution is 0.0941. The fraction of sp³-hybridized carbons (Fsp3) is 0.571. The zero-order valence-electron chi connectivity index (χ0n) is 12.2. The van der Waals surface area contributed by atoms with E-state index in [4.69, 9.17) is 5.73 Å². The molecule has 1 aromatic rings. The molecule has 1 saturated heterocycles. The zero-order chi connectivity index (χ0) is 13.7. The second kappa shape index (κ2) is 9.95. The number of carbonyl (C=O) groups excluding carboxylic acids is 1. The molecule has 120 valence electrons. The molecule has 0 spiro atoms. The van der Waals surface area contributed by atoms with Gasteiger partial charge in [-0.25, -0.2) is 0 Å². The summed E-state index contributed by atoms with van der Waals surface area (Å²) in [5.74, 6) is -0.0416. The molecule has 3 N–H and O–H groups in total. The zero-order valence-corrected chi connectivity index (χ0v) is 13.9. The Kier molecular flexibility index (Phi) is 9.53. The summed E-state index contributed by atoms with van der Waals surface area (Å²) >= 11 is 0. The molecule has 0 radical (unpaired) electrons. The van der Waals surface area contributed by atoms with Gasteiger partial charge in [0, 0.05) is 30.9 Å². The van der Waals surface area contributed by atoms with Crippen LogP contribution in [0.15, 0.2) is 18.3 Å². The van der Waals surface area contributed by atoms with Gasteiger partial charge in [0.05, 0.1) is 5.69 Å². The third kappa shape index (κ3) is 5.43. The van der Waals surface area contributed by atoms with Gasteiger partial charge >= 0.3 is 0 Å². The lowest BCUT2D eigenvalue weighted by Crippen LogP contribution is -2.40. The van der Waals surface area contributed by atoms with Crippen LogP contribution in [0.2, 0.25) is 0 Å². The summed E-state index contributed by atoms with van der Waals surface area (Å²) in [6.45, 7) is 5.42. The molecule has 5 nitrogen and oxygen atoms in total. The van der Waals surface area contributed by atoms with Gasteiger partial charge in [-0.2, -0.15) is 0 Å². The van der Waals surface area contributed by atoms with E-state index in [1.54, 1.807) is 18.3 Å². The third-order valence-corrected chi connectivity index (χ3v) is 3.69. The lowest BCUT2D eigenvalue weighted by Gasteiger charge is -2.22. The van der Waals surface area contributed by atoms with Gasteiger partial charge in [-0.1, -0.05) is 6.92 Å². The molecule has 1 aliphatic rings. The molecule has 2 rings (SSSR count). The van der Waals surface area contributed by atoms with Crippen molar-refractivity contribution in [3.63, 3.8) is 0 Å². The molecular formula is C14H24Cl2N4O. The predicted octanol–water partition coefficient (Wildman–Crippen LogP) is 1.60. The molecular weight excluding hydrogens is 311 g/mol. The quantitative estimate of drug-likeness (QED) is 0.857. The van der Waals surface area contributed by atoms with Crippen LogP contribution in [-0.4, -0.2) is 41.5 Å². The Hall–Kier alpha value is -0.880. The van der Waals surface area contributed by atoms with Crippen LogP contribution in [-0.2, 0) is 6.54 Å². The Bertz CT molecular complexity index is 445. The van der Waals surface area contributed by atoms with Crippen molar-refractivity contribution in [1.29, 1.82) is 0 Å². The molecule has 0 saturated carbocycles. The highest BCUT2D eigenvalue weighted by Crippen LogP contribution is 2.15. The summed E-state index contributed by atoms with van der Waals surface area (Å²) in [5, 5.41) is 3.01. The maximum atomic E-state index is 12.1. The van der Waals surface area contributed by atoms with Crippen molar-refractivity contribution in [1.82, 2.24) is 15.2 Å². The normalized spacial score (nSPS) is 17.7. The van der Waals surface area contributed by atoms with Crippen molar-refractivity contribution in [3.05, 3.63) is 29.6 Å². The molecule has 1 aliphatic heterocycles. The highest BCUT2D eigenvalue weighted by atomic mass is 35.5. The van der Waals surface area contributed by atoms with Crippen LogP contribution in [0.25, 0.3) is 0 Å². The molecule has 1 atom stereocenters. The number of aromatic nitrogens is 1. The van der Waals surface area contributed by atoms with E-state index in [0.717, 1.165) is 18.8 Å². The third-order valence-electron chi connectivity index (χ3n) is 3.69. The van der Waals surface area contributed by atoms with Gasteiger partial charge in [-0.15, -0.1) is 24.8 Å². The van der Waals surface area contributed by atoms with Crippen molar-refractivity contribution >= 4 is 30.7 Å². The van der Waals surface area contributed by atoms with Crippen molar-refractivity contribution < 1.29 is 4.79 Å². The lowest BCUT2D eigenvalue weighted by atomic mass is 10.2. The number of likely N-dealkylation sites (tertiary alicyclic amines) is 1. The van der Waals surface area contributed by atoms with Crippen LogP contribution in [0.3, 0.4) is 0 Å². The predicted molar refractivity (Wildman–Crippen MR) is 89.2 cm³/mol. The van der Waals surface area contributed by atoms with E-state index in [1.807, 2.05) is 0 Å². The van der Waals surface area contributed by atoms with Crippen LogP contribution >= 0.6 is 24.8 Å². The fourth-order valence-electron chi connectivity index (χ4n) is 2.59. The number of pyridine rings is 1. The fourth-order valence-corrected chi connectivity index (χ4v) is 2.59. The number of nitrogens with two attached hydrogens (primary N) is 1. The molecule has 0 aromatic carbocycles. The average Bonchev–Trinajstić information content (AvgIpc) is 2.92. The minimum Gasteiger partial charge on any atom is -0.350 e. The number of amides is 1. The Balaban J connectivity index is 0.00000200. The number of rotatable bonds is 5. The van der Waals surface area contributed by atoms with Gasteiger partial charge in [0.2, 0.25) is 0 Å². The maximum absolute atomic E-state index is 12.1. The van der Waals surface area contributed by atoms with Crippen molar-refractivity contribution in [2.45, 2.75) is 32.4 Å². The van der Waals surface area contributed by atoms with Crippen LogP contribution < -0.4 is 11.1 Å². The number of nitrogens with zero attached hydrogens (tertiary/aromatic N) is 2. The monoisotopic (exact) mass is 334 g/mol. The van der Waals surface area contributed by atoms with Crippen molar-refractivity contribution in [2.24, 2.45) is 5.73 Å². The number of nitrogens with one attached hydrogen (secondary N) is 1. The first kappa shape index (κ1) is 20.1. The number of likely N-dealkylation sites (N-methyl/N-ethyl adjacent to an activating group) is 1. The second-order valence-electron chi connectivity index (χ2n) is 4.87. The van der Waals surface area contributed by atoms with E-state index < -0.39 is 0 Å². The first-order chi connectivity index (χ1) is 9.24. The number of carbonyl (C=O) groups is 1. The second-order valence-corrected chi connectivity index (χ2v) is 4.87. The van der Waals surface area contributed by atoms with Crippen molar-refractivity contribution in [3.8, 4) is 0 Å². The Morgan fingerprint density at radius 2 is 2.29 bits per heavy atom. The van der Waals surface area contributed by atoms with Gasteiger partial charge < -0.3 is 11.1 Å². The Morgan fingerprint density at radius 3 is 2.95 bits per heavy atom. The minimum atomic E-state index is -0.0416. The number of halogens is 2. The van der Waals surface area contributed by atoms with E-state index in [9.17, 15) is 4.79 Å². The summed E-state index contributed by atoms with van der Waals surface area (Å²) in [6.07, 6.45) is 4.02. The van der Waals surface area contributed by atoms with Gasteiger partial charge in [-0.05, 0) is 38.1 Å². The highest BCUT2D eigenvalue weighted by Gasteiger charge is 2.23. The van der Waals surface area contributed by atoms with Crippen LogP contribution in [0.1, 0.15) is 35.8 Å². The highest BCUT2D eigenvalue weighted by molar-refractivity contribution is 5.94. The average molecular weight is 335 g/mol. The Labute approximate surface area is 138 Å². The van der Waals surface area contributed by atoms with E-state index >= 15 is 0 Å². The van der Waals surface area contributed by atoms with E-state index in [0.29, 0.717) is 24.7 Å². The first-order valence-corrected chi connectivity index (χ1v) is 6.91. The Morgan fingerprint density at radius 1 is 1.52 bits per heavy atom. The van der Waals surface area contributed by atoms with Crippen LogP contribution in [0.4, 0.5) is 0 Å². The van der Waals surface area contributed by atoms with Gasteiger partial charge in [0.25, 0.3) is 5.91 Å². The maximum Gasteiger partial charge on any atom is 0.251 e. The van der Waals surface area contributed by atoms with Crippen LogP contribution in [0, 0.1) is 0 Å². The summed E-state index contributed by atoms with van der Waals surface area (Å²) in [6, 6.07) is 3.95. The largest absolute Gasteiger partial charge is 0.350 e. The molecule has 2 heterocycles. The smallest absolute Gasteiger partial charge is 0.251 e. The number of hydrogen-bond donors (Lipinski definition) is 2. The summed E-state index contributed by atoms with van der Waals surface area (Å²) < 4.78 is 0. The molecule has 1 aromatic heterocycles. The summed E-state index contributed by atoms with van der Waals surface area (Å²) in [5.41, 5.74) is 6.90.